The Labute approximate surface area is 131 Å². The molecule has 1 N–H and O–H groups in total. The number of hydrogen-bond donors (Lipinski definition) is 1. The number of carboxylic acid groups (broad SMARTS) is 1. The Morgan fingerprint density at radius 1 is 1.09 bits per heavy atom. The van der Waals surface area contributed by atoms with Crippen LogP contribution in [-0.2, 0) is 19.4 Å². The van der Waals surface area contributed by atoms with Crippen LogP contribution in [-0.4, -0.2) is 31.9 Å². The fourth-order valence-electron chi connectivity index (χ4n) is 2.07. The maximum atomic E-state index is 11.5. The van der Waals surface area contributed by atoms with Gasteiger partial charge in [0, 0.05) is 11.8 Å². The third-order valence-corrected chi connectivity index (χ3v) is 4.09. The van der Waals surface area contributed by atoms with Crippen LogP contribution in [0.4, 0.5) is 0 Å². The van der Waals surface area contributed by atoms with Crippen LogP contribution in [0, 0.1) is 5.92 Å². The molecule has 0 fully saturated rings. The molecule has 0 unspecified atom stereocenters. The van der Waals surface area contributed by atoms with E-state index in [-0.39, 0.29) is 22.7 Å². The van der Waals surface area contributed by atoms with Crippen molar-refractivity contribution in [1.29, 1.82) is 0 Å². The molecule has 1 aromatic rings. The number of benzene rings is 1. The van der Waals surface area contributed by atoms with E-state index in [1.54, 1.807) is 26.0 Å². The van der Waals surface area contributed by atoms with Crippen molar-refractivity contribution in [2.24, 2.45) is 5.92 Å². The van der Waals surface area contributed by atoms with E-state index < -0.39 is 15.8 Å². The van der Waals surface area contributed by atoms with Crippen LogP contribution >= 0.6 is 0 Å². The number of sulfone groups is 1. The van der Waals surface area contributed by atoms with Gasteiger partial charge in [-0.3, -0.25) is 0 Å². The van der Waals surface area contributed by atoms with E-state index in [1.807, 2.05) is 13.8 Å². The first-order chi connectivity index (χ1) is 10.0. The summed E-state index contributed by atoms with van der Waals surface area (Å²) in [7, 11) is -3.28. The van der Waals surface area contributed by atoms with Crippen molar-refractivity contribution in [3.63, 3.8) is 0 Å². The molecule has 1 aromatic carbocycles. The van der Waals surface area contributed by atoms with Crippen LogP contribution in [0.1, 0.15) is 33.3 Å². The van der Waals surface area contributed by atoms with Crippen LogP contribution in [0.15, 0.2) is 34.9 Å². The molecule has 22 heavy (non-hydrogen) atoms. The van der Waals surface area contributed by atoms with Crippen molar-refractivity contribution in [3.05, 3.63) is 35.6 Å². The fraction of sp³-hybridized carbons (Fsp3) is 0.438. The quantitative estimate of drug-likeness (QED) is 0.642. The second kappa shape index (κ2) is 6.96. The van der Waals surface area contributed by atoms with Crippen LogP contribution < -0.4 is 0 Å². The lowest BCUT2D eigenvalue weighted by Gasteiger charge is -2.19. The Balaban J connectivity index is 3.45. The second-order valence-corrected chi connectivity index (χ2v) is 7.68. The molecule has 0 radical (unpaired) electrons. The van der Waals surface area contributed by atoms with Gasteiger partial charge < -0.3 is 9.84 Å². The van der Waals surface area contributed by atoms with Gasteiger partial charge >= 0.3 is 5.97 Å². The lowest BCUT2D eigenvalue weighted by molar-refractivity contribution is -0.137. The molecule has 0 bridgehead atoms. The summed E-state index contributed by atoms with van der Waals surface area (Å²) in [5, 5.41) is 9.41. The minimum absolute atomic E-state index is 0.0890. The van der Waals surface area contributed by atoms with Crippen LogP contribution in [0.5, 0.6) is 0 Å². The molecule has 0 amide bonds. The summed E-state index contributed by atoms with van der Waals surface area (Å²) >= 11 is 0. The maximum Gasteiger partial charge on any atom is 0.371 e. The zero-order chi connectivity index (χ0) is 17.1. The highest BCUT2D eigenvalue weighted by Gasteiger charge is 2.22. The van der Waals surface area contributed by atoms with Gasteiger partial charge in [-0.2, -0.15) is 0 Å². The standard InChI is InChI=1S/C16H22O5S/c1-10(2)14(15(16(17)18)21-11(3)4)12-6-8-13(9-7-12)22(5,19)20/h6-11H,1-5H3,(H,17,18)/b15-14-. The smallest absolute Gasteiger partial charge is 0.371 e. The van der Waals surface area contributed by atoms with Crippen LogP contribution in [0.25, 0.3) is 5.57 Å². The lowest BCUT2D eigenvalue weighted by atomic mass is 9.94. The molecule has 0 atom stereocenters. The zero-order valence-corrected chi connectivity index (χ0v) is 14.3. The summed E-state index contributed by atoms with van der Waals surface area (Å²) in [6, 6.07) is 6.17. The average Bonchev–Trinajstić information content (AvgIpc) is 2.36. The molecule has 0 aliphatic carbocycles. The van der Waals surface area contributed by atoms with Gasteiger partial charge in [0.15, 0.2) is 9.84 Å². The number of ether oxygens (including phenoxy) is 1. The zero-order valence-electron chi connectivity index (χ0n) is 13.5. The second-order valence-electron chi connectivity index (χ2n) is 5.67. The van der Waals surface area contributed by atoms with E-state index in [4.69, 9.17) is 4.74 Å². The summed E-state index contributed by atoms with van der Waals surface area (Å²) in [5.74, 6) is -1.32. The van der Waals surface area contributed by atoms with Gasteiger partial charge in [-0.25, -0.2) is 13.2 Å². The minimum atomic E-state index is -3.28. The Bertz CT molecular complexity index is 667. The summed E-state index contributed by atoms with van der Waals surface area (Å²) in [6.45, 7) is 7.25. The molecule has 122 valence electrons. The Morgan fingerprint density at radius 2 is 1.59 bits per heavy atom. The molecule has 0 spiro atoms. The average molecular weight is 326 g/mol. The van der Waals surface area contributed by atoms with E-state index >= 15 is 0 Å². The van der Waals surface area contributed by atoms with Gasteiger partial charge in [-0.05, 0) is 37.5 Å². The fourth-order valence-corrected chi connectivity index (χ4v) is 2.70. The number of carboxylic acids is 1. The number of allylic oxidation sites excluding steroid dienone is 1. The topological polar surface area (TPSA) is 80.7 Å². The summed E-state index contributed by atoms with van der Waals surface area (Å²) < 4.78 is 28.5. The highest BCUT2D eigenvalue weighted by molar-refractivity contribution is 7.90. The first-order valence-electron chi connectivity index (χ1n) is 6.98. The summed E-state index contributed by atoms with van der Waals surface area (Å²) in [5.41, 5.74) is 1.18. The first-order valence-corrected chi connectivity index (χ1v) is 8.87. The molecule has 5 nitrogen and oxygen atoms in total. The normalized spacial score (nSPS) is 13.2. The number of carbonyl (C=O) groups is 1. The van der Waals surface area contributed by atoms with Crippen molar-refractivity contribution in [3.8, 4) is 0 Å². The number of hydrogen-bond acceptors (Lipinski definition) is 4. The van der Waals surface area contributed by atoms with Gasteiger partial charge in [-0.1, -0.05) is 26.0 Å². The Hall–Kier alpha value is -1.82. The largest absolute Gasteiger partial charge is 0.484 e. The van der Waals surface area contributed by atoms with E-state index in [2.05, 4.69) is 0 Å². The van der Waals surface area contributed by atoms with Crippen LogP contribution in [0.3, 0.4) is 0 Å². The van der Waals surface area contributed by atoms with Crippen molar-refractivity contribution in [2.45, 2.75) is 38.7 Å². The lowest BCUT2D eigenvalue weighted by Crippen LogP contribution is -2.15. The molecule has 0 saturated heterocycles. The molecule has 0 saturated carbocycles. The van der Waals surface area contributed by atoms with Crippen molar-refractivity contribution >= 4 is 21.4 Å². The van der Waals surface area contributed by atoms with Crippen LogP contribution in [0.2, 0.25) is 0 Å². The molecular formula is C16H22O5S. The maximum absolute atomic E-state index is 11.5. The SMILES string of the molecule is CC(C)O/C(C(=O)O)=C(\c1ccc(S(C)(=O)=O)cc1)C(C)C. The van der Waals surface area contributed by atoms with Crippen molar-refractivity contribution in [2.75, 3.05) is 6.26 Å². The third kappa shape index (κ3) is 4.59. The highest BCUT2D eigenvalue weighted by Crippen LogP contribution is 2.29. The molecule has 0 heterocycles. The Kier molecular flexibility index (Phi) is 5.77. The first kappa shape index (κ1) is 18.2. The van der Waals surface area contributed by atoms with E-state index in [0.717, 1.165) is 6.26 Å². The van der Waals surface area contributed by atoms with Crippen molar-refractivity contribution in [1.82, 2.24) is 0 Å². The predicted octanol–water partition coefficient (Wildman–Crippen LogP) is 2.97. The van der Waals surface area contributed by atoms with E-state index in [0.29, 0.717) is 11.1 Å². The number of rotatable bonds is 6. The van der Waals surface area contributed by atoms with Gasteiger partial charge in [0.05, 0.1) is 11.0 Å². The van der Waals surface area contributed by atoms with E-state index in [9.17, 15) is 18.3 Å². The number of aliphatic carboxylic acids is 1. The minimum Gasteiger partial charge on any atom is -0.484 e. The molecular weight excluding hydrogens is 304 g/mol. The third-order valence-electron chi connectivity index (χ3n) is 2.96. The molecule has 0 aliphatic rings. The van der Waals surface area contributed by atoms with Gasteiger partial charge in [-0.15, -0.1) is 0 Å². The Morgan fingerprint density at radius 3 is 1.91 bits per heavy atom. The molecule has 6 heteroatoms. The monoisotopic (exact) mass is 326 g/mol. The van der Waals surface area contributed by atoms with Gasteiger partial charge in [0.25, 0.3) is 0 Å². The summed E-state index contributed by atoms with van der Waals surface area (Å²) in [6.07, 6.45) is 0.862. The summed E-state index contributed by atoms with van der Waals surface area (Å²) in [4.78, 5) is 11.7. The molecule has 0 aliphatic heterocycles. The van der Waals surface area contributed by atoms with Gasteiger partial charge in [0.1, 0.15) is 0 Å². The van der Waals surface area contributed by atoms with E-state index in [1.165, 1.54) is 12.1 Å². The van der Waals surface area contributed by atoms with Gasteiger partial charge in [0.2, 0.25) is 5.76 Å². The predicted molar refractivity (Wildman–Crippen MR) is 85.2 cm³/mol. The molecule has 0 aromatic heterocycles. The molecule has 1 rings (SSSR count). The highest BCUT2D eigenvalue weighted by atomic mass is 32.2. The van der Waals surface area contributed by atoms with Crippen molar-refractivity contribution < 1.29 is 23.1 Å².